The summed E-state index contributed by atoms with van der Waals surface area (Å²) in [6.45, 7) is 0.701. The Balaban J connectivity index is 2.02. The molecule has 12 heteroatoms. The van der Waals surface area contributed by atoms with E-state index in [0.717, 1.165) is 12.1 Å². The highest BCUT2D eigenvalue weighted by atomic mass is 19.4. The molecule has 0 spiro atoms. The van der Waals surface area contributed by atoms with Crippen molar-refractivity contribution in [3.63, 3.8) is 0 Å². The van der Waals surface area contributed by atoms with E-state index in [1.54, 1.807) is 0 Å². The molecule has 3 N–H and O–H groups in total. The van der Waals surface area contributed by atoms with E-state index in [1.165, 1.54) is 0 Å². The van der Waals surface area contributed by atoms with Gasteiger partial charge in [0.15, 0.2) is 0 Å². The minimum atomic E-state index is -4.88. The number of nitrogens with zero attached hydrogens (tertiary/aromatic N) is 1. The summed E-state index contributed by atoms with van der Waals surface area (Å²) in [4.78, 5) is 11.1. The van der Waals surface area contributed by atoms with Gasteiger partial charge in [-0.05, 0) is 50.0 Å². The number of hydrogen-bond acceptors (Lipinski definition) is 5. The van der Waals surface area contributed by atoms with E-state index < -0.39 is 41.3 Å². The first kappa shape index (κ1) is 20.2. The molecule has 3 rings (SSSR count). The number of alkyl halides is 6. The van der Waals surface area contributed by atoms with Gasteiger partial charge in [0.25, 0.3) is 0 Å². The third kappa shape index (κ3) is 4.49. The summed E-state index contributed by atoms with van der Waals surface area (Å²) in [6.07, 6.45) is -9.28. The van der Waals surface area contributed by atoms with Crippen LogP contribution in [-0.4, -0.2) is 35.5 Å². The number of aromatic amines is 1. The smallest absolute Gasteiger partial charge is 0.388 e. The topological polar surface area (TPSA) is 83.0 Å². The maximum Gasteiger partial charge on any atom is 0.434 e. The van der Waals surface area contributed by atoms with Crippen LogP contribution in [0.15, 0.2) is 27.4 Å². The lowest BCUT2D eigenvalue weighted by Gasteiger charge is -2.34. The highest BCUT2D eigenvalue weighted by Gasteiger charge is 2.46. The summed E-state index contributed by atoms with van der Waals surface area (Å²) in [5.74, 6) is -2.14. The molecule has 2 aromatic rings. The third-order valence-corrected chi connectivity index (χ3v) is 4.53. The highest BCUT2D eigenvalue weighted by Crippen LogP contribution is 2.40. The molecule has 0 radical (unpaired) electrons. The van der Waals surface area contributed by atoms with E-state index in [9.17, 15) is 31.1 Å². The molecule has 1 atom stereocenters. The zero-order valence-corrected chi connectivity index (χ0v) is 14.2. The Morgan fingerprint density at radius 1 is 1.14 bits per heavy atom. The van der Waals surface area contributed by atoms with Gasteiger partial charge in [-0.2, -0.15) is 26.3 Å². The molecule has 1 saturated heterocycles. The lowest BCUT2D eigenvalue weighted by molar-refractivity contribution is -0.156. The van der Waals surface area contributed by atoms with Gasteiger partial charge in [-0.25, -0.2) is 9.89 Å². The molecule has 2 heterocycles. The van der Waals surface area contributed by atoms with Crippen LogP contribution in [0, 0.1) is 5.92 Å². The van der Waals surface area contributed by atoms with Crippen LogP contribution in [0.3, 0.4) is 0 Å². The van der Waals surface area contributed by atoms with Crippen molar-refractivity contribution in [3.8, 4) is 11.5 Å². The minimum Gasteiger partial charge on any atom is -0.388 e. The average Bonchev–Trinajstić information content (AvgIpc) is 3.05. The zero-order valence-electron chi connectivity index (χ0n) is 14.2. The fourth-order valence-corrected chi connectivity index (χ4v) is 3.21. The fraction of sp³-hybridized carbons (Fsp3) is 0.500. The van der Waals surface area contributed by atoms with Gasteiger partial charge in [-0.3, -0.25) is 0 Å². The van der Waals surface area contributed by atoms with Crippen molar-refractivity contribution in [3.05, 3.63) is 34.3 Å². The maximum absolute atomic E-state index is 13.6. The second-order valence-corrected chi connectivity index (χ2v) is 6.43. The van der Waals surface area contributed by atoms with Crippen molar-refractivity contribution in [2.75, 3.05) is 18.4 Å². The number of halogens is 6. The van der Waals surface area contributed by atoms with Gasteiger partial charge >= 0.3 is 18.1 Å². The van der Waals surface area contributed by atoms with Crippen LogP contribution in [0.1, 0.15) is 18.4 Å². The van der Waals surface area contributed by atoms with Crippen LogP contribution in [0.4, 0.5) is 32.0 Å². The van der Waals surface area contributed by atoms with Gasteiger partial charge in [0, 0.05) is 11.3 Å². The van der Waals surface area contributed by atoms with Crippen molar-refractivity contribution in [2.24, 2.45) is 5.92 Å². The standard InChI is InChI=1S/C16H16F6N4O2/c17-15(18,19)10-2-1-9(13-25-26-14(27)28-13)7-11(10)24-12(16(20,21)22)8-3-5-23-6-4-8/h1-2,7-8,12,23-24H,3-6H2,(H,26,27). The third-order valence-electron chi connectivity index (χ3n) is 4.53. The summed E-state index contributed by atoms with van der Waals surface area (Å²) in [5, 5.41) is 10.4. The van der Waals surface area contributed by atoms with Gasteiger partial charge in [-0.15, -0.1) is 5.10 Å². The molecule has 1 aromatic carbocycles. The zero-order chi connectivity index (χ0) is 20.5. The molecule has 1 fully saturated rings. The van der Waals surface area contributed by atoms with Crippen molar-refractivity contribution in [2.45, 2.75) is 31.2 Å². The molecule has 0 bridgehead atoms. The van der Waals surface area contributed by atoms with E-state index in [2.05, 4.69) is 20.1 Å². The fourth-order valence-electron chi connectivity index (χ4n) is 3.21. The van der Waals surface area contributed by atoms with Crippen LogP contribution in [0.5, 0.6) is 0 Å². The Kier molecular flexibility index (Phi) is 5.41. The Bertz CT molecular complexity index is 867. The van der Waals surface area contributed by atoms with Crippen molar-refractivity contribution >= 4 is 5.69 Å². The number of anilines is 1. The number of hydrogen-bond donors (Lipinski definition) is 3. The molecular formula is C16H16F6N4O2. The second-order valence-electron chi connectivity index (χ2n) is 6.43. The second kappa shape index (κ2) is 7.49. The number of rotatable bonds is 4. The quantitative estimate of drug-likeness (QED) is 0.674. The van der Waals surface area contributed by atoms with Crippen molar-refractivity contribution in [1.29, 1.82) is 0 Å². The molecular weight excluding hydrogens is 394 g/mol. The van der Waals surface area contributed by atoms with E-state index >= 15 is 0 Å². The Hall–Kier alpha value is -2.50. The predicted octanol–water partition coefficient (Wildman–Crippen LogP) is 3.39. The van der Waals surface area contributed by atoms with Crippen molar-refractivity contribution < 1.29 is 30.8 Å². The molecule has 0 saturated carbocycles. The first-order valence-electron chi connectivity index (χ1n) is 8.37. The van der Waals surface area contributed by atoms with Crippen LogP contribution in [0.2, 0.25) is 0 Å². The lowest BCUT2D eigenvalue weighted by atomic mass is 9.89. The molecule has 6 nitrogen and oxygen atoms in total. The molecule has 1 aromatic heterocycles. The summed E-state index contributed by atoms with van der Waals surface area (Å²) >= 11 is 0. The van der Waals surface area contributed by atoms with Crippen LogP contribution >= 0.6 is 0 Å². The van der Waals surface area contributed by atoms with Gasteiger partial charge in [-0.1, -0.05) is 0 Å². The largest absolute Gasteiger partial charge is 0.434 e. The van der Waals surface area contributed by atoms with Gasteiger partial charge < -0.3 is 15.1 Å². The average molecular weight is 410 g/mol. The van der Waals surface area contributed by atoms with E-state index in [-0.39, 0.29) is 24.3 Å². The van der Waals surface area contributed by atoms with E-state index in [0.29, 0.717) is 19.2 Å². The predicted molar refractivity (Wildman–Crippen MR) is 86.6 cm³/mol. The van der Waals surface area contributed by atoms with Crippen LogP contribution in [-0.2, 0) is 6.18 Å². The molecule has 1 unspecified atom stereocenters. The number of H-pyrrole nitrogens is 1. The molecule has 28 heavy (non-hydrogen) atoms. The van der Waals surface area contributed by atoms with E-state index in [4.69, 9.17) is 0 Å². The van der Waals surface area contributed by atoms with Gasteiger partial charge in [0.1, 0.15) is 6.04 Å². The van der Waals surface area contributed by atoms with Gasteiger partial charge in [0.05, 0.1) is 5.56 Å². The summed E-state index contributed by atoms with van der Waals surface area (Å²) in [5.41, 5.74) is -2.08. The van der Waals surface area contributed by atoms with Crippen molar-refractivity contribution in [1.82, 2.24) is 15.5 Å². The molecule has 0 aliphatic carbocycles. The molecule has 154 valence electrons. The monoisotopic (exact) mass is 410 g/mol. The van der Waals surface area contributed by atoms with E-state index in [1.807, 2.05) is 5.10 Å². The SMILES string of the molecule is O=c1[nH]nc(-c2ccc(C(F)(F)F)c(NC(C3CCNCC3)C(F)(F)F)c2)o1. The summed E-state index contributed by atoms with van der Waals surface area (Å²) in [6, 6.07) is 0.293. The maximum atomic E-state index is 13.6. The highest BCUT2D eigenvalue weighted by molar-refractivity contribution is 5.65. The van der Waals surface area contributed by atoms with Gasteiger partial charge in [0.2, 0.25) is 5.89 Å². The minimum absolute atomic E-state index is 0.0694. The summed E-state index contributed by atoms with van der Waals surface area (Å²) < 4.78 is 85.5. The first-order valence-corrected chi connectivity index (χ1v) is 8.37. The summed E-state index contributed by atoms with van der Waals surface area (Å²) in [7, 11) is 0. The number of piperidine rings is 1. The molecule has 1 aliphatic heterocycles. The van der Waals surface area contributed by atoms with Crippen LogP contribution in [0.25, 0.3) is 11.5 Å². The Labute approximate surface area is 154 Å². The Morgan fingerprint density at radius 3 is 2.36 bits per heavy atom. The lowest BCUT2D eigenvalue weighted by Crippen LogP contribution is -2.46. The number of benzene rings is 1. The van der Waals surface area contributed by atoms with Crippen LogP contribution < -0.4 is 16.4 Å². The number of nitrogens with one attached hydrogen (secondary N) is 3. The molecule has 1 aliphatic rings. The Morgan fingerprint density at radius 2 is 1.82 bits per heavy atom. The molecule has 0 amide bonds. The normalized spacial score (nSPS) is 17.5. The number of aromatic nitrogens is 2. The first-order chi connectivity index (χ1) is 13.1.